The second kappa shape index (κ2) is 10.3. The third-order valence-corrected chi connectivity index (χ3v) is 8.04. The number of aryl methyl sites for hydroxylation is 1. The summed E-state index contributed by atoms with van der Waals surface area (Å²) in [5, 5.41) is 2.97. The number of nitrogens with zero attached hydrogens (tertiary/aromatic N) is 2. The van der Waals surface area contributed by atoms with Crippen LogP contribution in [0.4, 0.5) is 5.69 Å². The fraction of sp³-hybridized carbons (Fsp3) is 0.138. The van der Waals surface area contributed by atoms with Gasteiger partial charge in [0.25, 0.3) is 11.5 Å². The van der Waals surface area contributed by atoms with Crippen LogP contribution >= 0.6 is 27.3 Å². The van der Waals surface area contributed by atoms with Crippen molar-refractivity contribution in [2.24, 2.45) is 4.99 Å². The molecule has 4 aromatic rings. The van der Waals surface area contributed by atoms with Crippen LogP contribution in [-0.2, 0) is 4.79 Å². The van der Waals surface area contributed by atoms with Gasteiger partial charge in [-0.25, -0.2) is 4.99 Å². The molecule has 8 heteroatoms. The molecule has 2 heterocycles. The molecule has 1 aromatic heterocycles. The van der Waals surface area contributed by atoms with E-state index in [9.17, 15) is 9.59 Å². The maximum Gasteiger partial charge on any atom is 0.271 e. The van der Waals surface area contributed by atoms with Crippen molar-refractivity contribution in [1.82, 2.24) is 4.57 Å². The van der Waals surface area contributed by atoms with Crippen LogP contribution in [0, 0.1) is 6.92 Å². The Morgan fingerprint density at radius 2 is 1.86 bits per heavy atom. The highest BCUT2D eigenvalue weighted by Gasteiger charge is 2.32. The lowest BCUT2D eigenvalue weighted by atomic mass is 9.95. The average Bonchev–Trinajstić information content (AvgIpc) is 3.20. The molecule has 0 bridgehead atoms. The molecule has 0 spiro atoms. The van der Waals surface area contributed by atoms with Gasteiger partial charge in [0, 0.05) is 10.2 Å². The van der Waals surface area contributed by atoms with E-state index in [0.717, 1.165) is 21.2 Å². The number of aromatic nitrogens is 1. The maximum atomic E-state index is 13.8. The molecule has 0 saturated heterocycles. The van der Waals surface area contributed by atoms with E-state index in [1.807, 2.05) is 85.8 Å². The van der Waals surface area contributed by atoms with Gasteiger partial charge in [-0.2, -0.15) is 0 Å². The van der Waals surface area contributed by atoms with E-state index in [2.05, 4.69) is 21.2 Å². The first-order valence-electron chi connectivity index (χ1n) is 11.6. The number of methoxy groups -OCH3 is 1. The standard InChI is InChI=1S/C29H24BrN3O3S/c1-17-12-13-19(14-23(17)30)15-24-28(35)33-26(20-8-7-11-22(16-20)36-3)25(18(2)31-29(33)37-24)27(34)32-21-9-5-4-6-10-21/h4-16,26H,1-3H3,(H,32,34)/b24-15-/t26-/m0/s1. The van der Waals surface area contributed by atoms with E-state index >= 15 is 0 Å². The maximum absolute atomic E-state index is 13.8. The number of rotatable bonds is 5. The Balaban J connectivity index is 1.69. The Morgan fingerprint density at radius 3 is 2.59 bits per heavy atom. The van der Waals surface area contributed by atoms with Crippen LogP contribution in [-0.4, -0.2) is 17.6 Å². The monoisotopic (exact) mass is 573 g/mol. The third kappa shape index (κ3) is 4.95. The average molecular weight is 575 g/mol. The summed E-state index contributed by atoms with van der Waals surface area (Å²) < 4.78 is 8.58. The van der Waals surface area contributed by atoms with E-state index in [1.165, 1.54) is 11.3 Å². The van der Waals surface area contributed by atoms with Crippen molar-refractivity contribution >= 4 is 44.9 Å². The molecular weight excluding hydrogens is 550 g/mol. The number of anilines is 1. The van der Waals surface area contributed by atoms with Crippen molar-refractivity contribution in [2.45, 2.75) is 19.9 Å². The molecule has 1 aliphatic rings. The van der Waals surface area contributed by atoms with Crippen LogP contribution in [0.25, 0.3) is 6.08 Å². The summed E-state index contributed by atoms with van der Waals surface area (Å²) in [4.78, 5) is 32.7. The van der Waals surface area contributed by atoms with E-state index in [-0.39, 0.29) is 11.5 Å². The van der Waals surface area contributed by atoms with Crippen molar-refractivity contribution in [2.75, 3.05) is 12.4 Å². The second-order valence-electron chi connectivity index (χ2n) is 8.69. The van der Waals surface area contributed by atoms with Gasteiger partial charge in [0.15, 0.2) is 4.80 Å². The van der Waals surface area contributed by atoms with Crippen LogP contribution in [0.1, 0.15) is 29.7 Å². The van der Waals surface area contributed by atoms with Crippen LogP contribution < -0.4 is 24.9 Å². The van der Waals surface area contributed by atoms with E-state index < -0.39 is 6.04 Å². The lowest BCUT2D eigenvalue weighted by Gasteiger charge is -2.25. The largest absolute Gasteiger partial charge is 0.497 e. The molecule has 1 aliphatic heterocycles. The predicted octanol–water partition coefficient (Wildman–Crippen LogP) is 4.95. The number of carbonyl (C=O) groups is 1. The Morgan fingerprint density at radius 1 is 1.08 bits per heavy atom. The molecule has 1 atom stereocenters. The summed E-state index contributed by atoms with van der Waals surface area (Å²) in [7, 11) is 1.59. The first-order chi connectivity index (χ1) is 17.9. The number of halogens is 1. The fourth-order valence-corrected chi connectivity index (χ4v) is 5.75. The Hall–Kier alpha value is -3.75. The number of hydrogen-bond donors (Lipinski definition) is 1. The number of ether oxygens (including phenoxy) is 1. The number of carbonyl (C=O) groups excluding carboxylic acids is 1. The van der Waals surface area contributed by atoms with Gasteiger partial charge in [-0.05, 0) is 66.9 Å². The molecule has 0 fully saturated rings. The Bertz CT molecular complexity index is 1720. The molecule has 3 aromatic carbocycles. The second-order valence-corrected chi connectivity index (χ2v) is 10.6. The summed E-state index contributed by atoms with van der Waals surface area (Å²) in [6.07, 6.45) is 1.86. The highest BCUT2D eigenvalue weighted by molar-refractivity contribution is 9.10. The van der Waals surface area contributed by atoms with Crippen molar-refractivity contribution in [3.8, 4) is 5.75 Å². The molecule has 5 rings (SSSR count). The minimum atomic E-state index is -0.665. The van der Waals surface area contributed by atoms with E-state index in [1.54, 1.807) is 18.6 Å². The molecule has 1 N–H and O–H groups in total. The van der Waals surface area contributed by atoms with Crippen LogP contribution in [0.5, 0.6) is 5.75 Å². The Labute approximate surface area is 226 Å². The van der Waals surface area contributed by atoms with Crippen LogP contribution in [0.3, 0.4) is 0 Å². The molecule has 37 heavy (non-hydrogen) atoms. The number of fused-ring (bicyclic) bond motifs is 1. The van der Waals surface area contributed by atoms with E-state index in [0.29, 0.717) is 32.0 Å². The number of benzene rings is 3. The highest BCUT2D eigenvalue weighted by Crippen LogP contribution is 2.32. The highest BCUT2D eigenvalue weighted by atomic mass is 79.9. The van der Waals surface area contributed by atoms with Gasteiger partial charge >= 0.3 is 0 Å². The third-order valence-electron chi connectivity index (χ3n) is 6.20. The molecule has 0 saturated carbocycles. The molecule has 1 amide bonds. The van der Waals surface area contributed by atoms with Crippen molar-refractivity contribution in [3.63, 3.8) is 0 Å². The zero-order valence-electron chi connectivity index (χ0n) is 20.5. The first kappa shape index (κ1) is 24.9. The zero-order valence-corrected chi connectivity index (χ0v) is 22.9. The molecule has 186 valence electrons. The molecular formula is C29H24BrN3O3S. The zero-order chi connectivity index (χ0) is 26.1. The minimum Gasteiger partial charge on any atom is -0.497 e. The van der Waals surface area contributed by atoms with E-state index in [4.69, 9.17) is 9.73 Å². The summed E-state index contributed by atoms with van der Waals surface area (Å²) in [6, 6.07) is 22.0. The van der Waals surface area contributed by atoms with Gasteiger partial charge in [-0.3, -0.25) is 14.2 Å². The summed E-state index contributed by atoms with van der Waals surface area (Å²) in [5.74, 6) is 0.332. The first-order valence-corrected chi connectivity index (χ1v) is 13.3. The van der Waals surface area contributed by atoms with Gasteiger partial charge in [0.05, 0.1) is 29.0 Å². The van der Waals surface area contributed by atoms with Crippen molar-refractivity contribution < 1.29 is 9.53 Å². The number of hydrogen-bond acceptors (Lipinski definition) is 5. The predicted molar refractivity (Wildman–Crippen MR) is 151 cm³/mol. The van der Waals surface area contributed by atoms with Crippen molar-refractivity contribution in [3.05, 3.63) is 125 Å². The summed E-state index contributed by atoms with van der Waals surface area (Å²) >= 11 is 4.88. The lowest BCUT2D eigenvalue weighted by molar-refractivity contribution is -0.113. The van der Waals surface area contributed by atoms with Gasteiger partial charge in [0.2, 0.25) is 0 Å². The SMILES string of the molecule is COc1cccc([C@H]2C(C(=O)Nc3ccccc3)=C(C)N=c3s/c(=C\c4ccc(C)c(Br)c4)c(=O)n32)c1. The topological polar surface area (TPSA) is 72.7 Å². The van der Waals surface area contributed by atoms with Gasteiger partial charge in [-0.15, -0.1) is 0 Å². The minimum absolute atomic E-state index is 0.203. The van der Waals surface area contributed by atoms with Crippen LogP contribution in [0.15, 0.2) is 98.3 Å². The lowest BCUT2D eigenvalue weighted by Crippen LogP contribution is -2.40. The fourth-order valence-electron chi connectivity index (χ4n) is 4.31. The Kier molecular flexibility index (Phi) is 6.95. The van der Waals surface area contributed by atoms with Gasteiger partial charge in [-0.1, -0.05) is 69.7 Å². The smallest absolute Gasteiger partial charge is 0.271 e. The summed E-state index contributed by atoms with van der Waals surface area (Å²) in [6.45, 7) is 3.82. The number of nitrogens with one attached hydrogen (secondary N) is 1. The normalized spacial score (nSPS) is 15.2. The number of allylic oxidation sites excluding steroid dienone is 1. The van der Waals surface area contributed by atoms with Gasteiger partial charge < -0.3 is 10.1 Å². The molecule has 0 unspecified atom stereocenters. The quantitative estimate of drug-likeness (QED) is 0.367. The van der Waals surface area contributed by atoms with Crippen LogP contribution in [0.2, 0.25) is 0 Å². The molecule has 0 aliphatic carbocycles. The number of thiazole rings is 1. The summed E-state index contributed by atoms with van der Waals surface area (Å²) in [5.41, 5.74) is 4.21. The number of amides is 1. The van der Waals surface area contributed by atoms with Gasteiger partial charge in [0.1, 0.15) is 5.75 Å². The number of para-hydroxylation sites is 1. The van der Waals surface area contributed by atoms with Crippen molar-refractivity contribution in [1.29, 1.82) is 0 Å². The molecule has 0 radical (unpaired) electrons. The molecule has 6 nitrogen and oxygen atoms in total.